The summed E-state index contributed by atoms with van der Waals surface area (Å²) in [5.74, 6) is -0.468. The standard InChI is InChI=1S/C52H72F2N4Se2/c1-3-5-7-9-11-13-15-17-19-21-23-25-27-29-35-52(36-30-28-26-24-22-20-18-16-14-12-10-8-6-4-2)40-32-34-42-51(58-60-56-42)45(40)46-47(52)49(54)44-39(48(46)53)37-38-31-33-41-50(43(38)44)57-59-55-41/h31-34H,3-30,35-37H2,1-2H3. The second kappa shape index (κ2) is 23.4. The van der Waals surface area contributed by atoms with Crippen molar-refractivity contribution in [2.24, 2.45) is 0 Å². The van der Waals surface area contributed by atoms with Gasteiger partial charge in [0.25, 0.3) is 0 Å². The molecule has 326 valence electrons. The molecule has 0 amide bonds. The molecule has 2 aliphatic carbocycles. The molecule has 4 nitrogen and oxygen atoms in total. The van der Waals surface area contributed by atoms with Gasteiger partial charge < -0.3 is 0 Å². The average Bonchev–Trinajstić information content (AvgIpc) is 4.07. The van der Waals surface area contributed by atoms with Gasteiger partial charge in [0.15, 0.2) is 0 Å². The van der Waals surface area contributed by atoms with E-state index in [1.54, 1.807) is 0 Å². The van der Waals surface area contributed by atoms with Crippen molar-refractivity contribution in [1.82, 2.24) is 15.9 Å². The molecule has 5 aromatic rings. The van der Waals surface area contributed by atoms with Crippen molar-refractivity contribution in [1.29, 1.82) is 0 Å². The molecule has 2 heterocycles. The van der Waals surface area contributed by atoms with Gasteiger partial charge in [-0.25, -0.2) is 0 Å². The van der Waals surface area contributed by atoms with Crippen molar-refractivity contribution in [3.63, 3.8) is 0 Å². The molecule has 0 unspecified atom stereocenters. The maximum atomic E-state index is 18.1. The number of fused-ring (bicyclic) bond motifs is 10. The van der Waals surface area contributed by atoms with Crippen LogP contribution in [0.5, 0.6) is 0 Å². The monoisotopic (exact) mass is 950 g/mol. The van der Waals surface area contributed by atoms with E-state index >= 15 is 8.78 Å². The summed E-state index contributed by atoms with van der Waals surface area (Å²) in [5.41, 5.74) is 8.35. The van der Waals surface area contributed by atoms with Gasteiger partial charge in [0.05, 0.1) is 0 Å². The van der Waals surface area contributed by atoms with Crippen LogP contribution in [0.3, 0.4) is 0 Å². The Labute approximate surface area is 373 Å². The molecule has 0 bridgehead atoms. The first-order chi connectivity index (χ1) is 29.6. The van der Waals surface area contributed by atoms with Crippen LogP contribution in [0.25, 0.3) is 44.3 Å². The average molecular weight is 949 g/mol. The number of halogens is 2. The summed E-state index contributed by atoms with van der Waals surface area (Å²) in [6.45, 7) is 4.57. The summed E-state index contributed by atoms with van der Waals surface area (Å²) in [5, 5.41) is 0. The first kappa shape index (κ1) is 45.8. The maximum absolute atomic E-state index is 18.1. The summed E-state index contributed by atoms with van der Waals surface area (Å²) in [4.78, 5) is 0. The minimum atomic E-state index is -0.592. The number of hydrogen-bond donors (Lipinski definition) is 0. The zero-order valence-corrected chi connectivity index (χ0v) is 40.5. The Morgan fingerprint density at radius 3 is 1.33 bits per heavy atom. The van der Waals surface area contributed by atoms with Crippen LogP contribution in [0.4, 0.5) is 8.78 Å². The SMILES string of the molecule is CCCCCCCCCCCCCCCCC1(CCCCCCCCCCCCCCCC)c2ccc3n[se]nc3c2-c2c(F)c3c(c(F)c21)-c1c(ccc2n[se]nc12)C3. The predicted octanol–water partition coefficient (Wildman–Crippen LogP) is 15.5. The van der Waals surface area contributed by atoms with E-state index < -0.39 is 5.41 Å². The number of hydrogen-bond acceptors (Lipinski definition) is 4. The second-order valence-corrected chi connectivity index (χ2v) is 20.8. The Morgan fingerprint density at radius 2 is 0.867 bits per heavy atom. The van der Waals surface area contributed by atoms with Crippen LogP contribution >= 0.6 is 0 Å². The third kappa shape index (κ3) is 10.6. The molecule has 0 atom stereocenters. The molecule has 0 saturated heterocycles. The predicted molar refractivity (Wildman–Crippen MR) is 251 cm³/mol. The fourth-order valence-electron chi connectivity index (χ4n) is 10.9. The molecule has 0 radical (unpaired) electrons. The molecule has 0 fully saturated rings. The summed E-state index contributed by atoms with van der Waals surface area (Å²) < 4.78 is 54.8. The van der Waals surface area contributed by atoms with Crippen LogP contribution in [0.15, 0.2) is 24.3 Å². The van der Waals surface area contributed by atoms with Gasteiger partial charge in [-0.3, -0.25) is 0 Å². The molecular formula is C52H72F2N4Se2. The van der Waals surface area contributed by atoms with Crippen LogP contribution in [-0.4, -0.2) is 45.8 Å². The van der Waals surface area contributed by atoms with Gasteiger partial charge in [-0.15, -0.1) is 0 Å². The van der Waals surface area contributed by atoms with E-state index in [0.29, 0.717) is 28.7 Å². The quantitative estimate of drug-likeness (QED) is 0.0333. The van der Waals surface area contributed by atoms with Crippen LogP contribution in [0.2, 0.25) is 0 Å². The third-order valence-electron chi connectivity index (χ3n) is 14.2. The molecule has 7 rings (SSSR count). The molecule has 60 heavy (non-hydrogen) atoms. The number of unbranched alkanes of at least 4 members (excludes halogenated alkanes) is 26. The van der Waals surface area contributed by atoms with Crippen molar-refractivity contribution in [2.75, 3.05) is 0 Å². The number of benzene rings is 3. The molecule has 2 aromatic heterocycles. The van der Waals surface area contributed by atoms with E-state index in [1.807, 2.05) is 12.1 Å². The van der Waals surface area contributed by atoms with Gasteiger partial charge in [0.2, 0.25) is 0 Å². The minimum absolute atomic E-state index is 0.218. The number of rotatable bonds is 30. The van der Waals surface area contributed by atoms with Crippen molar-refractivity contribution >= 4 is 52.0 Å². The third-order valence-corrected chi connectivity index (χ3v) is 16.5. The van der Waals surface area contributed by atoms with E-state index in [9.17, 15) is 0 Å². The summed E-state index contributed by atoms with van der Waals surface area (Å²) in [7, 11) is 0. The van der Waals surface area contributed by atoms with Crippen molar-refractivity contribution in [2.45, 2.75) is 218 Å². The van der Waals surface area contributed by atoms with Gasteiger partial charge in [0, 0.05) is 0 Å². The zero-order chi connectivity index (χ0) is 41.6. The fraction of sp³-hybridized carbons (Fsp3) is 0.654. The topological polar surface area (TPSA) is 51.6 Å². The van der Waals surface area contributed by atoms with Crippen LogP contribution < -0.4 is 0 Å². The van der Waals surface area contributed by atoms with Gasteiger partial charge >= 0.3 is 259 Å². The second-order valence-electron chi connectivity index (χ2n) is 18.5. The molecule has 0 aliphatic heterocycles. The number of nitrogens with zero attached hydrogens (tertiary/aromatic N) is 4. The molecule has 0 saturated carbocycles. The van der Waals surface area contributed by atoms with Gasteiger partial charge in [0.1, 0.15) is 0 Å². The Hall–Kier alpha value is -2.24. The zero-order valence-electron chi connectivity index (χ0n) is 37.1. The van der Waals surface area contributed by atoms with Gasteiger partial charge in [-0.2, -0.15) is 0 Å². The number of aromatic nitrogens is 4. The van der Waals surface area contributed by atoms with Gasteiger partial charge in [-0.1, -0.05) is 117 Å². The molecule has 0 N–H and O–H groups in total. The Balaban J connectivity index is 1.06. The van der Waals surface area contributed by atoms with E-state index in [0.717, 1.165) is 82.8 Å². The first-order valence-electron chi connectivity index (χ1n) is 24.7. The van der Waals surface area contributed by atoms with Crippen molar-refractivity contribution in [3.8, 4) is 22.3 Å². The van der Waals surface area contributed by atoms with Crippen LogP contribution in [-0.2, 0) is 11.8 Å². The van der Waals surface area contributed by atoms with E-state index in [1.165, 1.54) is 154 Å². The fourth-order valence-corrected chi connectivity index (χ4v) is 13.2. The van der Waals surface area contributed by atoms with Crippen molar-refractivity contribution in [3.05, 3.63) is 58.2 Å². The van der Waals surface area contributed by atoms with Crippen molar-refractivity contribution < 1.29 is 8.78 Å². The summed E-state index contributed by atoms with van der Waals surface area (Å²) in [6, 6.07) is 8.30. The van der Waals surface area contributed by atoms with Gasteiger partial charge in [-0.05, 0) is 0 Å². The van der Waals surface area contributed by atoms with Crippen LogP contribution in [0, 0.1) is 11.6 Å². The van der Waals surface area contributed by atoms with E-state index in [2.05, 4.69) is 30.0 Å². The Morgan fingerprint density at radius 1 is 0.450 bits per heavy atom. The summed E-state index contributed by atoms with van der Waals surface area (Å²) in [6.07, 6.45) is 38.6. The van der Waals surface area contributed by atoms with E-state index in [-0.39, 0.29) is 41.6 Å². The Kier molecular flexibility index (Phi) is 17.9. The normalized spacial score (nSPS) is 13.7. The molecular weight excluding hydrogens is 877 g/mol. The molecule has 8 heteroatoms. The first-order valence-corrected chi connectivity index (χ1v) is 27.7. The Bertz CT molecular complexity index is 2070. The molecule has 0 spiro atoms. The van der Waals surface area contributed by atoms with E-state index in [4.69, 9.17) is 11.9 Å². The summed E-state index contributed by atoms with van der Waals surface area (Å²) >= 11 is -0.511. The molecule has 2 aliphatic rings. The molecule has 3 aromatic carbocycles. The van der Waals surface area contributed by atoms with Crippen LogP contribution in [0.1, 0.15) is 229 Å².